The largest absolute Gasteiger partial charge is 0.462 e. The predicted molar refractivity (Wildman–Crippen MR) is 339 cm³/mol. The van der Waals surface area contributed by atoms with Crippen LogP contribution in [0, 0.1) is 0 Å². The fourth-order valence-corrected chi connectivity index (χ4v) is 9.33. The molecule has 1 atom stereocenters. The van der Waals surface area contributed by atoms with Gasteiger partial charge < -0.3 is 14.2 Å². The first-order valence-electron chi connectivity index (χ1n) is 33.2. The second-order valence-corrected chi connectivity index (χ2v) is 22.0. The van der Waals surface area contributed by atoms with Crippen LogP contribution in [0.5, 0.6) is 0 Å². The molecule has 0 radical (unpaired) electrons. The lowest BCUT2D eigenvalue weighted by atomic mass is 10.0. The molecule has 0 bridgehead atoms. The summed E-state index contributed by atoms with van der Waals surface area (Å²) in [6, 6.07) is 0. The van der Waals surface area contributed by atoms with Crippen molar-refractivity contribution < 1.29 is 28.6 Å². The van der Waals surface area contributed by atoms with Gasteiger partial charge in [-0.05, 0) is 116 Å². The van der Waals surface area contributed by atoms with Crippen LogP contribution >= 0.6 is 0 Å². The Morgan fingerprint density at radius 2 is 0.526 bits per heavy atom. The maximum absolute atomic E-state index is 12.9. The van der Waals surface area contributed by atoms with Crippen LogP contribution < -0.4 is 0 Å². The minimum absolute atomic E-state index is 0.0918. The molecule has 0 fully saturated rings. The van der Waals surface area contributed by atoms with Gasteiger partial charge in [-0.2, -0.15) is 0 Å². The highest BCUT2D eigenvalue weighted by Crippen LogP contribution is 2.17. The molecule has 0 saturated carbocycles. The van der Waals surface area contributed by atoms with E-state index in [2.05, 4.69) is 118 Å². The van der Waals surface area contributed by atoms with Gasteiger partial charge in [0.05, 0.1) is 0 Å². The van der Waals surface area contributed by atoms with Crippen LogP contribution in [-0.4, -0.2) is 37.2 Å². The first-order chi connectivity index (χ1) is 38.5. The van der Waals surface area contributed by atoms with Crippen molar-refractivity contribution in [1.82, 2.24) is 0 Å². The fraction of sp³-hybridized carbons (Fsp3) is 0.736. The molecule has 0 N–H and O–H groups in total. The molecule has 0 aliphatic carbocycles. The Hall–Kier alpha value is -3.67. The summed E-state index contributed by atoms with van der Waals surface area (Å²) in [5, 5.41) is 0. The molecule has 0 aromatic rings. The number of hydrogen-bond donors (Lipinski definition) is 0. The highest BCUT2D eigenvalue weighted by atomic mass is 16.6. The number of carbonyl (C=O) groups excluding carboxylic acids is 3. The van der Waals surface area contributed by atoms with Crippen molar-refractivity contribution in [2.45, 2.75) is 329 Å². The first kappa shape index (κ1) is 74.3. The van der Waals surface area contributed by atoms with E-state index >= 15 is 0 Å². The van der Waals surface area contributed by atoms with Gasteiger partial charge in [0.2, 0.25) is 0 Å². The third kappa shape index (κ3) is 63.2. The molecule has 1 unspecified atom stereocenters. The molecule has 0 amide bonds. The van der Waals surface area contributed by atoms with Crippen LogP contribution in [0.25, 0.3) is 0 Å². The molecule has 0 aromatic heterocycles. The predicted octanol–water partition coefficient (Wildman–Crippen LogP) is 22.8. The van der Waals surface area contributed by atoms with Crippen molar-refractivity contribution in [3.8, 4) is 0 Å². The van der Waals surface area contributed by atoms with E-state index in [-0.39, 0.29) is 37.5 Å². The van der Waals surface area contributed by atoms with E-state index < -0.39 is 6.10 Å². The number of unbranched alkanes of at least 4 members (excludes halogenated alkanes) is 33. The number of allylic oxidation sites excluding steroid dienone is 16. The number of rotatable bonds is 60. The van der Waals surface area contributed by atoms with E-state index in [1.165, 1.54) is 161 Å². The quantitative estimate of drug-likeness (QED) is 0.0261. The molecule has 6 nitrogen and oxygen atoms in total. The summed E-state index contributed by atoms with van der Waals surface area (Å²) in [6.07, 6.45) is 88.7. The van der Waals surface area contributed by atoms with Crippen LogP contribution in [0.15, 0.2) is 97.2 Å². The van der Waals surface area contributed by atoms with E-state index in [9.17, 15) is 14.4 Å². The van der Waals surface area contributed by atoms with E-state index in [0.717, 1.165) is 122 Å². The Morgan fingerprint density at radius 1 is 0.269 bits per heavy atom. The van der Waals surface area contributed by atoms with E-state index in [0.29, 0.717) is 12.8 Å². The Balaban J connectivity index is 4.18. The molecule has 0 heterocycles. The van der Waals surface area contributed by atoms with Gasteiger partial charge in [-0.25, -0.2) is 0 Å². The maximum atomic E-state index is 12.9. The molecule has 0 aromatic carbocycles. The summed E-state index contributed by atoms with van der Waals surface area (Å²) in [7, 11) is 0. The van der Waals surface area contributed by atoms with Crippen LogP contribution in [0.3, 0.4) is 0 Å². The van der Waals surface area contributed by atoms with E-state index in [4.69, 9.17) is 14.2 Å². The minimum Gasteiger partial charge on any atom is -0.462 e. The average molecular weight is 1090 g/mol. The van der Waals surface area contributed by atoms with Gasteiger partial charge >= 0.3 is 17.9 Å². The molecule has 0 saturated heterocycles. The lowest BCUT2D eigenvalue weighted by Crippen LogP contribution is -2.30. The summed E-state index contributed by atoms with van der Waals surface area (Å²) in [5.41, 5.74) is 0. The van der Waals surface area contributed by atoms with Gasteiger partial charge in [0, 0.05) is 19.3 Å². The summed E-state index contributed by atoms with van der Waals surface area (Å²) >= 11 is 0. The topological polar surface area (TPSA) is 78.9 Å². The lowest BCUT2D eigenvalue weighted by Gasteiger charge is -2.18. The SMILES string of the molecule is CC/C=C\C/C=C\C/C=C\C/C=C\C/C=C\CCCCCC(=O)OC(COC(=O)CCCCCCC/C=C\CCC)COC(=O)CCCCCCCCCCCCCCCCCCCCC/C=C\C/C=C\CCCCCCC. The van der Waals surface area contributed by atoms with Crippen molar-refractivity contribution in [2.75, 3.05) is 13.2 Å². The molecule has 0 aliphatic rings. The van der Waals surface area contributed by atoms with Crippen molar-refractivity contribution in [3.05, 3.63) is 97.2 Å². The molecule has 448 valence electrons. The van der Waals surface area contributed by atoms with E-state index in [1.807, 2.05) is 0 Å². The zero-order valence-corrected chi connectivity index (χ0v) is 51.4. The normalized spacial score (nSPS) is 12.7. The molecule has 6 heteroatoms. The van der Waals surface area contributed by atoms with Crippen molar-refractivity contribution in [3.63, 3.8) is 0 Å². The Bertz CT molecular complexity index is 1530. The summed E-state index contributed by atoms with van der Waals surface area (Å²) in [4.78, 5) is 38.2. The maximum Gasteiger partial charge on any atom is 0.306 e. The number of carbonyl (C=O) groups is 3. The van der Waals surface area contributed by atoms with Gasteiger partial charge in [-0.3, -0.25) is 14.4 Å². The summed E-state index contributed by atoms with van der Waals surface area (Å²) in [5.74, 6) is -0.926. The van der Waals surface area contributed by atoms with Gasteiger partial charge in [-0.1, -0.05) is 285 Å². The van der Waals surface area contributed by atoms with E-state index in [1.54, 1.807) is 0 Å². The fourth-order valence-electron chi connectivity index (χ4n) is 9.33. The molecular formula is C72H124O6. The number of ether oxygens (including phenoxy) is 3. The number of esters is 3. The van der Waals surface area contributed by atoms with Crippen LogP contribution in [0.1, 0.15) is 323 Å². The third-order valence-electron chi connectivity index (χ3n) is 14.3. The minimum atomic E-state index is -0.798. The standard InChI is InChI=1S/C72H124O6/c1-4-7-10-13-16-19-22-24-26-28-30-31-32-33-34-35-36-37-38-39-40-41-43-44-46-48-50-53-56-59-62-65-71(74)77-68-69(67-76-70(73)64-61-58-55-52-21-18-15-12-9-6-3)78-72(75)66-63-60-57-54-51-49-47-45-42-29-27-25-23-20-17-14-11-8-5-2/h8,11-12,15,17,20,22,24-25,27-28,30,42,45,49,51,69H,4-7,9-10,13-14,16,18-19,21,23,26,29,31-41,43-44,46-48,50,52-68H2,1-3H3/b11-8-,15-12-,20-17-,24-22-,27-25-,30-28-,45-42-,51-49-. The smallest absolute Gasteiger partial charge is 0.306 e. The zero-order valence-electron chi connectivity index (χ0n) is 51.4. The summed E-state index contributed by atoms with van der Waals surface area (Å²) in [6.45, 7) is 6.44. The summed E-state index contributed by atoms with van der Waals surface area (Å²) < 4.78 is 16.9. The van der Waals surface area contributed by atoms with Gasteiger partial charge in [0.15, 0.2) is 6.10 Å². The second kappa shape index (κ2) is 65.8. The Morgan fingerprint density at radius 3 is 0.859 bits per heavy atom. The molecule has 0 aliphatic heterocycles. The van der Waals surface area contributed by atoms with Crippen LogP contribution in [0.2, 0.25) is 0 Å². The second-order valence-electron chi connectivity index (χ2n) is 22.0. The number of hydrogen-bond acceptors (Lipinski definition) is 6. The molecule has 0 spiro atoms. The molecule has 78 heavy (non-hydrogen) atoms. The van der Waals surface area contributed by atoms with Crippen LogP contribution in [-0.2, 0) is 28.6 Å². The molecule has 0 rings (SSSR count). The zero-order chi connectivity index (χ0) is 56.4. The highest BCUT2D eigenvalue weighted by Gasteiger charge is 2.19. The van der Waals surface area contributed by atoms with Gasteiger partial charge in [0.25, 0.3) is 0 Å². The molecular weight excluding hydrogens is 961 g/mol. The lowest BCUT2D eigenvalue weighted by molar-refractivity contribution is -0.167. The third-order valence-corrected chi connectivity index (χ3v) is 14.3. The van der Waals surface area contributed by atoms with Crippen molar-refractivity contribution in [1.29, 1.82) is 0 Å². The monoisotopic (exact) mass is 1080 g/mol. The first-order valence-corrected chi connectivity index (χ1v) is 33.2. The van der Waals surface area contributed by atoms with Gasteiger partial charge in [0.1, 0.15) is 13.2 Å². The Kier molecular flexibility index (Phi) is 62.7. The van der Waals surface area contributed by atoms with Crippen LogP contribution in [0.4, 0.5) is 0 Å². The Labute approximate surface area is 483 Å². The average Bonchev–Trinajstić information content (AvgIpc) is 3.44. The van der Waals surface area contributed by atoms with Crippen molar-refractivity contribution >= 4 is 17.9 Å². The highest BCUT2D eigenvalue weighted by molar-refractivity contribution is 5.71. The van der Waals surface area contributed by atoms with Crippen molar-refractivity contribution in [2.24, 2.45) is 0 Å². The van der Waals surface area contributed by atoms with Gasteiger partial charge in [-0.15, -0.1) is 0 Å².